The van der Waals surface area contributed by atoms with Crippen molar-refractivity contribution >= 4 is 40.7 Å². The molecule has 1 aliphatic heterocycles. The second-order valence-corrected chi connectivity index (χ2v) is 6.89. The summed E-state index contributed by atoms with van der Waals surface area (Å²) in [6, 6.07) is 9.40. The highest BCUT2D eigenvalue weighted by Crippen LogP contribution is 2.52. The van der Waals surface area contributed by atoms with Gasteiger partial charge in [-0.05, 0) is 43.5 Å². The van der Waals surface area contributed by atoms with Gasteiger partial charge in [0.05, 0.1) is 12.3 Å². The fraction of sp³-hybridized carbons (Fsp3) is 0.250. The van der Waals surface area contributed by atoms with Gasteiger partial charge in [-0.2, -0.15) is 0 Å². The molecule has 3 rings (SSSR count). The molecule has 4 nitrogen and oxygen atoms in total. The molecule has 0 bridgehead atoms. The van der Waals surface area contributed by atoms with Crippen molar-refractivity contribution in [3.63, 3.8) is 0 Å². The highest BCUT2D eigenvalue weighted by atomic mass is 32.2. The lowest BCUT2D eigenvalue weighted by atomic mass is 10.1. The van der Waals surface area contributed by atoms with Crippen LogP contribution in [0.25, 0.3) is 0 Å². The maximum Gasteiger partial charge on any atom is 0.415 e. The predicted octanol–water partition coefficient (Wildman–Crippen LogP) is 4.72. The van der Waals surface area contributed by atoms with Crippen LogP contribution in [0.15, 0.2) is 40.6 Å². The van der Waals surface area contributed by atoms with Gasteiger partial charge in [-0.15, -0.1) is 11.3 Å². The lowest BCUT2D eigenvalue weighted by Crippen LogP contribution is -2.31. The first kappa shape index (κ1) is 15.1. The third-order valence-electron chi connectivity index (χ3n) is 3.35. The largest absolute Gasteiger partial charge is 0.449 e. The van der Waals surface area contributed by atoms with E-state index in [4.69, 9.17) is 4.74 Å². The molecule has 114 valence electrons. The minimum Gasteiger partial charge on any atom is -0.449 e. The van der Waals surface area contributed by atoms with Crippen molar-refractivity contribution in [1.29, 1.82) is 0 Å². The van der Waals surface area contributed by atoms with Gasteiger partial charge in [0.1, 0.15) is 5.37 Å². The van der Waals surface area contributed by atoms with Crippen molar-refractivity contribution in [3.8, 4) is 0 Å². The van der Waals surface area contributed by atoms with Crippen LogP contribution in [0.1, 0.15) is 34.5 Å². The van der Waals surface area contributed by atoms with Gasteiger partial charge < -0.3 is 4.74 Å². The van der Waals surface area contributed by atoms with E-state index in [2.05, 4.69) is 0 Å². The van der Waals surface area contributed by atoms with E-state index in [0.29, 0.717) is 12.2 Å². The molecular weight excluding hydrogens is 318 g/mol. The lowest BCUT2D eigenvalue weighted by Gasteiger charge is -2.22. The Kier molecular flexibility index (Phi) is 4.22. The number of thiophene rings is 1. The van der Waals surface area contributed by atoms with Crippen molar-refractivity contribution in [1.82, 2.24) is 0 Å². The van der Waals surface area contributed by atoms with Crippen LogP contribution in [0.3, 0.4) is 0 Å². The van der Waals surface area contributed by atoms with Crippen LogP contribution in [-0.4, -0.2) is 18.5 Å². The molecule has 1 atom stereocenters. The quantitative estimate of drug-likeness (QED) is 0.763. The first-order valence-corrected chi connectivity index (χ1v) is 8.68. The zero-order chi connectivity index (χ0) is 15.7. The Balaban J connectivity index is 2.03. The van der Waals surface area contributed by atoms with Gasteiger partial charge >= 0.3 is 6.09 Å². The van der Waals surface area contributed by atoms with Crippen LogP contribution < -0.4 is 4.90 Å². The number of ether oxygens (including phenoxy) is 1. The second-order valence-electron chi connectivity index (χ2n) is 4.79. The highest BCUT2D eigenvalue weighted by Gasteiger charge is 2.37. The molecule has 0 spiro atoms. The third-order valence-corrected chi connectivity index (χ3v) is 5.69. The summed E-state index contributed by atoms with van der Waals surface area (Å²) in [4.78, 5) is 27.6. The fourth-order valence-corrected chi connectivity index (χ4v) is 4.56. The molecule has 0 N–H and O–H groups in total. The average Bonchev–Trinajstić information content (AvgIpc) is 3.13. The number of benzene rings is 1. The molecule has 0 saturated carbocycles. The summed E-state index contributed by atoms with van der Waals surface area (Å²) in [5, 5.41) is 1.85. The number of hydrogen-bond acceptors (Lipinski definition) is 5. The number of hydrogen-bond donors (Lipinski definition) is 0. The van der Waals surface area contributed by atoms with Crippen molar-refractivity contribution in [2.75, 3.05) is 11.5 Å². The summed E-state index contributed by atoms with van der Waals surface area (Å²) in [6.45, 7) is 3.67. The smallest absolute Gasteiger partial charge is 0.415 e. The van der Waals surface area contributed by atoms with Crippen molar-refractivity contribution in [2.24, 2.45) is 0 Å². The molecule has 2 heterocycles. The standard InChI is InChI=1S/C16H15NO3S2/c1-3-20-16(19)17-12-7-6-11(10(2)18)9-14(12)22-15(17)13-5-4-8-21-13/h4-9,15H,3H2,1-2H3. The monoisotopic (exact) mass is 333 g/mol. The summed E-state index contributed by atoms with van der Waals surface area (Å²) < 4.78 is 5.20. The first-order valence-electron chi connectivity index (χ1n) is 6.93. The van der Waals surface area contributed by atoms with E-state index in [1.807, 2.05) is 29.6 Å². The van der Waals surface area contributed by atoms with E-state index in [1.165, 1.54) is 0 Å². The summed E-state index contributed by atoms with van der Waals surface area (Å²) in [6.07, 6.45) is -0.359. The Morgan fingerprint density at radius 3 is 2.77 bits per heavy atom. The maximum atomic E-state index is 12.4. The predicted molar refractivity (Wildman–Crippen MR) is 88.9 cm³/mol. The third kappa shape index (κ3) is 2.64. The van der Waals surface area contributed by atoms with E-state index in [9.17, 15) is 9.59 Å². The normalized spacial score (nSPS) is 16.5. The molecule has 0 saturated heterocycles. The molecular formula is C16H15NO3S2. The van der Waals surface area contributed by atoms with Crippen LogP contribution in [0.5, 0.6) is 0 Å². The van der Waals surface area contributed by atoms with Gasteiger partial charge in [-0.1, -0.05) is 17.8 Å². The minimum atomic E-state index is -0.359. The molecule has 2 aromatic rings. The Labute approximate surface area is 137 Å². The van der Waals surface area contributed by atoms with Crippen molar-refractivity contribution in [3.05, 3.63) is 46.2 Å². The second kappa shape index (κ2) is 6.14. The molecule has 1 aromatic heterocycles. The van der Waals surface area contributed by atoms with Crippen LogP contribution >= 0.6 is 23.1 Å². The van der Waals surface area contributed by atoms with Crippen molar-refractivity contribution in [2.45, 2.75) is 24.1 Å². The number of fused-ring (bicyclic) bond motifs is 1. The summed E-state index contributed by atoms with van der Waals surface area (Å²) in [7, 11) is 0. The number of nitrogens with zero attached hydrogens (tertiary/aromatic N) is 1. The van der Waals surface area contributed by atoms with E-state index in [-0.39, 0.29) is 17.3 Å². The molecule has 6 heteroatoms. The summed E-state index contributed by atoms with van der Waals surface area (Å²) in [5.74, 6) is 0.0191. The Morgan fingerprint density at radius 2 is 2.14 bits per heavy atom. The molecule has 1 amide bonds. The Hall–Kier alpha value is -1.79. The highest BCUT2D eigenvalue weighted by molar-refractivity contribution is 8.00. The molecule has 22 heavy (non-hydrogen) atoms. The fourth-order valence-electron chi connectivity index (χ4n) is 2.33. The number of ketones is 1. The topological polar surface area (TPSA) is 46.6 Å². The number of thioether (sulfide) groups is 1. The van der Waals surface area contributed by atoms with Crippen LogP contribution in [0.2, 0.25) is 0 Å². The van der Waals surface area contributed by atoms with Gasteiger partial charge in [0.15, 0.2) is 5.78 Å². The van der Waals surface area contributed by atoms with Crippen LogP contribution in [-0.2, 0) is 4.74 Å². The van der Waals surface area contributed by atoms with Crippen LogP contribution in [0, 0.1) is 0 Å². The Morgan fingerprint density at radius 1 is 1.32 bits per heavy atom. The molecule has 0 radical (unpaired) electrons. The number of amides is 1. The molecule has 1 unspecified atom stereocenters. The zero-order valence-corrected chi connectivity index (χ0v) is 13.9. The number of carbonyl (C=O) groups excluding carboxylic acids is 2. The van der Waals surface area contributed by atoms with Crippen LogP contribution in [0.4, 0.5) is 10.5 Å². The molecule has 0 aliphatic carbocycles. The minimum absolute atomic E-state index is 0.0191. The average molecular weight is 333 g/mol. The van der Waals surface area contributed by atoms with Gasteiger partial charge in [0.25, 0.3) is 0 Å². The summed E-state index contributed by atoms with van der Waals surface area (Å²) in [5.41, 5.74) is 1.45. The van der Waals surface area contributed by atoms with E-state index in [0.717, 1.165) is 15.5 Å². The zero-order valence-electron chi connectivity index (χ0n) is 12.2. The van der Waals surface area contributed by atoms with E-state index < -0.39 is 0 Å². The van der Waals surface area contributed by atoms with Gasteiger partial charge in [0, 0.05) is 15.3 Å². The van der Waals surface area contributed by atoms with Gasteiger partial charge in [-0.3, -0.25) is 9.69 Å². The number of anilines is 1. The number of rotatable bonds is 3. The first-order chi connectivity index (χ1) is 10.6. The van der Waals surface area contributed by atoms with Gasteiger partial charge in [-0.25, -0.2) is 4.79 Å². The Bertz CT molecular complexity index is 712. The number of Topliss-reactive ketones (excluding diaryl/α,β-unsaturated/α-hetero) is 1. The molecule has 1 aliphatic rings. The SMILES string of the molecule is CCOC(=O)N1c2ccc(C(C)=O)cc2SC1c1cccs1. The summed E-state index contributed by atoms with van der Waals surface area (Å²) >= 11 is 3.17. The van der Waals surface area contributed by atoms with Crippen molar-refractivity contribution < 1.29 is 14.3 Å². The van der Waals surface area contributed by atoms with Gasteiger partial charge in [0.2, 0.25) is 0 Å². The molecule has 1 aromatic carbocycles. The maximum absolute atomic E-state index is 12.4. The lowest BCUT2D eigenvalue weighted by molar-refractivity contribution is 0.101. The van der Waals surface area contributed by atoms with E-state index in [1.54, 1.807) is 47.9 Å². The number of carbonyl (C=O) groups is 2. The molecule has 0 fully saturated rings. The van der Waals surface area contributed by atoms with E-state index >= 15 is 0 Å².